The molecular formula is C14H17BrN2. The third-order valence-electron chi connectivity index (χ3n) is 3.44. The highest BCUT2D eigenvalue weighted by Crippen LogP contribution is 2.33. The first-order chi connectivity index (χ1) is 8.11. The quantitative estimate of drug-likeness (QED) is 0.888. The average molecular weight is 293 g/mol. The van der Waals surface area contributed by atoms with E-state index in [9.17, 15) is 0 Å². The van der Waals surface area contributed by atoms with Gasteiger partial charge in [-0.2, -0.15) is 5.26 Å². The number of nitrogens with one attached hydrogen (secondary N) is 1. The Labute approximate surface area is 111 Å². The number of aryl methyl sites for hydroxylation is 2. The van der Waals surface area contributed by atoms with E-state index in [1.807, 2.05) is 0 Å². The van der Waals surface area contributed by atoms with Crippen molar-refractivity contribution in [2.45, 2.75) is 39.2 Å². The molecule has 1 N–H and O–H groups in total. The van der Waals surface area contributed by atoms with Crippen LogP contribution in [-0.2, 0) is 0 Å². The molecule has 0 saturated heterocycles. The molecule has 2 unspecified atom stereocenters. The number of anilines is 1. The van der Waals surface area contributed by atoms with Crippen LogP contribution in [-0.4, -0.2) is 6.04 Å². The van der Waals surface area contributed by atoms with Crippen LogP contribution in [0.4, 0.5) is 5.69 Å². The predicted molar refractivity (Wildman–Crippen MR) is 74.0 cm³/mol. The van der Waals surface area contributed by atoms with Gasteiger partial charge in [-0.1, -0.05) is 6.07 Å². The van der Waals surface area contributed by atoms with E-state index < -0.39 is 0 Å². The van der Waals surface area contributed by atoms with Crippen LogP contribution < -0.4 is 5.32 Å². The number of nitrogens with zero attached hydrogens (tertiary/aromatic N) is 1. The molecule has 1 saturated carbocycles. The molecule has 2 nitrogen and oxygen atoms in total. The lowest BCUT2D eigenvalue weighted by molar-refractivity contribution is 0.629. The number of halogens is 1. The van der Waals surface area contributed by atoms with E-state index in [1.54, 1.807) is 0 Å². The summed E-state index contributed by atoms with van der Waals surface area (Å²) >= 11 is 3.60. The summed E-state index contributed by atoms with van der Waals surface area (Å²) in [6.07, 6.45) is 3.27. The molecule has 90 valence electrons. The van der Waals surface area contributed by atoms with Crippen molar-refractivity contribution in [1.29, 1.82) is 5.26 Å². The fourth-order valence-corrected chi connectivity index (χ4v) is 3.36. The summed E-state index contributed by atoms with van der Waals surface area (Å²) in [5.74, 6) is 0.155. The molecule has 0 bridgehead atoms. The molecular weight excluding hydrogens is 276 g/mol. The highest BCUT2D eigenvalue weighted by molar-refractivity contribution is 9.10. The minimum atomic E-state index is 0.155. The molecule has 0 amide bonds. The van der Waals surface area contributed by atoms with Crippen molar-refractivity contribution in [3.8, 4) is 6.07 Å². The van der Waals surface area contributed by atoms with Crippen LogP contribution in [0, 0.1) is 31.1 Å². The van der Waals surface area contributed by atoms with E-state index in [-0.39, 0.29) is 5.92 Å². The SMILES string of the molecule is Cc1cc(C)c(NC2CCCC2C#N)c(Br)c1. The van der Waals surface area contributed by atoms with Gasteiger partial charge in [0.15, 0.2) is 0 Å². The molecule has 1 aromatic rings. The van der Waals surface area contributed by atoms with Gasteiger partial charge < -0.3 is 5.32 Å². The van der Waals surface area contributed by atoms with Gasteiger partial charge in [0.2, 0.25) is 0 Å². The van der Waals surface area contributed by atoms with Crippen molar-refractivity contribution in [1.82, 2.24) is 0 Å². The maximum absolute atomic E-state index is 9.10. The Morgan fingerprint density at radius 2 is 2.12 bits per heavy atom. The van der Waals surface area contributed by atoms with E-state index in [4.69, 9.17) is 5.26 Å². The van der Waals surface area contributed by atoms with E-state index in [1.165, 1.54) is 11.1 Å². The smallest absolute Gasteiger partial charge is 0.0677 e. The Morgan fingerprint density at radius 3 is 2.76 bits per heavy atom. The molecule has 1 fully saturated rings. The number of hydrogen-bond acceptors (Lipinski definition) is 2. The Hall–Kier alpha value is -1.01. The monoisotopic (exact) mass is 292 g/mol. The zero-order valence-corrected chi connectivity index (χ0v) is 11.8. The maximum Gasteiger partial charge on any atom is 0.0677 e. The molecule has 2 rings (SSSR count). The second kappa shape index (κ2) is 5.10. The van der Waals surface area contributed by atoms with E-state index in [0.29, 0.717) is 6.04 Å². The Bertz CT molecular complexity index is 439. The summed E-state index contributed by atoms with van der Waals surface area (Å²) in [5.41, 5.74) is 3.63. The van der Waals surface area contributed by atoms with Gasteiger partial charge >= 0.3 is 0 Å². The lowest BCUT2D eigenvalue weighted by atomic mass is 10.0. The fraction of sp³-hybridized carbons (Fsp3) is 0.500. The normalized spacial score (nSPS) is 23.4. The number of hydrogen-bond donors (Lipinski definition) is 1. The van der Waals surface area contributed by atoms with Crippen molar-refractivity contribution in [2.24, 2.45) is 5.92 Å². The molecule has 2 atom stereocenters. The molecule has 0 heterocycles. The maximum atomic E-state index is 9.10. The zero-order chi connectivity index (χ0) is 12.4. The first-order valence-corrected chi connectivity index (χ1v) is 6.84. The van der Waals surface area contributed by atoms with Crippen molar-refractivity contribution in [3.63, 3.8) is 0 Å². The summed E-state index contributed by atoms with van der Waals surface area (Å²) in [5, 5.41) is 12.6. The first kappa shape index (κ1) is 12.4. The van der Waals surface area contributed by atoms with Crippen molar-refractivity contribution in [3.05, 3.63) is 27.7 Å². The molecule has 1 aliphatic rings. The molecule has 3 heteroatoms. The summed E-state index contributed by atoms with van der Waals surface area (Å²) < 4.78 is 1.10. The third kappa shape index (κ3) is 2.63. The van der Waals surface area contributed by atoms with Gasteiger partial charge in [0.1, 0.15) is 0 Å². The Kier molecular flexibility index (Phi) is 3.73. The van der Waals surface area contributed by atoms with Gasteiger partial charge in [-0.15, -0.1) is 0 Å². The van der Waals surface area contributed by atoms with Crippen molar-refractivity contribution >= 4 is 21.6 Å². The van der Waals surface area contributed by atoms with Gasteiger partial charge in [-0.05, 0) is 66.2 Å². The second-order valence-corrected chi connectivity index (χ2v) is 5.71. The third-order valence-corrected chi connectivity index (χ3v) is 4.07. The summed E-state index contributed by atoms with van der Waals surface area (Å²) in [7, 11) is 0. The van der Waals surface area contributed by atoms with Gasteiger partial charge in [0.25, 0.3) is 0 Å². The van der Waals surface area contributed by atoms with E-state index in [0.717, 1.165) is 29.4 Å². The van der Waals surface area contributed by atoms with Gasteiger partial charge in [0, 0.05) is 10.5 Å². The van der Waals surface area contributed by atoms with Crippen molar-refractivity contribution in [2.75, 3.05) is 5.32 Å². The predicted octanol–water partition coefficient (Wildman–Crippen LogP) is 4.17. The zero-order valence-electron chi connectivity index (χ0n) is 10.3. The van der Waals surface area contributed by atoms with Crippen LogP contribution >= 0.6 is 15.9 Å². The fourth-order valence-electron chi connectivity index (χ4n) is 2.57. The standard InChI is InChI=1S/C14H17BrN2/c1-9-6-10(2)14(12(15)7-9)17-13-5-3-4-11(13)8-16/h6-7,11,13,17H,3-5H2,1-2H3. The van der Waals surface area contributed by atoms with Crippen LogP contribution in [0.2, 0.25) is 0 Å². The summed E-state index contributed by atoms with van der Waals surface area (Å²) in [4.78, 5) is 0. The number of nitriles is 1. The highest BCUT2D eigenvalue weighted by Gasteiger charge is 2.27. The second-order valence-electron chi connectivity index (χ2n) is 4.86. The molecule has 0 radical (unpaired) electrons. The molecule has 1 aliphatic carbocycles. The van der Waals surface area contributed by atoms with Crippen LogP contribution in [0.5, 0.6) is 0 Å². The van der Waals surface area contributed by atoms with Crippen LogP contribution in [0.25, 0.3) is 0 Å². The number of benzene rings is 1. The molecule has 1 aromatic carbocycles. The van der Waals surface area contributed by atoms with E-state index in [2.05, 4.69) is 53.3 Å². The summed E-state index contributed by atoms with van der Waals surface area (Å²) in [6.45, 7) is 4.20. The Balaban J connectivity index is 2.22. The minimum absolute atomic E-state index is 0.155. The first-order valence-electron chi connectivity index (χ1n) is 6.04. The Morgan fingerprint density at radius 1 is 1.35 bits per heavy atom. The molecule has 0 aromatic heterocycles. The largest absolute Gasteiger partial charge is 0.380 e. The molecule has 17 heavy (non-hydrogen) atoms. The lowest BCUT2D eigenvalue weighted by Gasteiger charge is -2.20. The minimum Gasteiger partial charge on any atom is -0.380 e. The molecule has 0 aliphatic heterocycles. The number of rotatable bonds is 2. The molecule has 0 spiro atoms. The van der Waals surface area contributed by atoms with Gasteiger partial charge in [-0.25, -0.2) is 0 Å². The van der Waals surface area contributed by atoms with Crippen LogP contribution in [0.15, 0.2) is 16.6 Å². The van der Waals surface area contributed by atoms with Crippen LogP contribution in [0.1, 0.15) is 30.4 Å². The summed E-state index contributed by atoms with van der Waals surface area (Å²) in [6, 6.07) is 7.00. The average Bonchev–Trinajstić information content (AvgIpc) is 2.70. The highest BCUT2D eigenvalue weighted by atomic mass is 79.9. The topological polar surface area (TPSA) is 35.8 Å². The van der Waals surface area contributed by atoms with Crippen molar-refractivity contribution < 1.29 is 0 Å². The lowest BCUT2D eigenvalue weighted by Crippen LogP contribution is -2.23. The van der Waals surface area contributed by atoms with E-state index >= 15 is 0 Å². The van der Waals surface area contributed by atoms with Crippen LogP contribution in [0.3, 0.4) is 0 Å². The van der Waals surface area contributed by atoms with Gasteiger partial charge in [0.05, 0.1) is 17.7 Å². The van der Waals surface area contributed by atoms with Gasteiger partial charge in [-0.3, -0.25) is 0 Å².